The third-order valence-electron chi connectivity index (χ3n) is 0. The summed E-state index contributed by atoms with van der Waals surface area (Å²) in [6.07, 6.45) is 0. The van der Waals surface area contributed by atoms with Gasteiger partial charge in [-0.15, -0.1) is 0 Å². The summed E-state index contributed by atoms with van der Waals surface area (Å²) in [5, 5.41) is 0. The van der Waals surface area contributed by atoms with E-state index in [-0.39, 0.29) is 37.7 Å². The number of nitrogens with two attached hydrogens (primary N) is 1. The number of hydrogen-bond acceptors (Lipinski definition) is 3. The summed E-state index contributed by atoms with van der Waals surface area (Å²) in [6.45, 7) is 0. The van der Waals surface area contributed by atoms with Gasteiger partial charge in [0.1, 0.15) is 0 Å². The Morgan fingerprint density at radius 2 is 1.29 bits per heavy atom. The Balaban J connectivity index is -0.0000000800. The first-order valence-electron chi connectivity index (χ1n) is 0.806. The molecule has 0 radical (unpaired) electrons. The summed E-state index contributed by atoms with van der Waals surface area (Å²) in [7, 11) is -4.64. The third kappa shape index (κ3) is 121. The van der Waals surface area contributed by atoms with E-state index in [9.17, 15) is 0 Å². The Hall–Kier alpha value is 1.30. The molecular weight excluding hydrogens is 107 g/mol. The molecule has 7 heteroatoms. The second kappa shape index (κ2) is 5.44. The molecule has 0 spiro atoms. The molecule has 0 aromatic heterocycles. The van der Waals surface area contributed by atoms with Gasteiger partial charge in [0, 0.05) is 0 Å². The van der Waals surface area contributed by atoms with Crippen molar-refractivity contribution in [3.05, 3.63) is 0 Å². The van der Waals surface area contributed by atoms with Crippen LogP contribution in [0.15, 0.2) is 0 Å². The Kier molecular flexibility index (Phi) is 12.2. The van der Waals surface area contributed by atoms with Crippen LogP contribution in [0.3, 0.4) is 0 Å². The summed E-state index contributed by atoms with van der Waals surface area (Å²) in [4.78, 5) is 17.8. The predicted octanol–water partition coefficient (Wildman–Crippen LogP) is -8.22. The van der Waals surface area contributed by atoms with Gasteiger partial charge in [0.15, 0.2) is 0 Å². The molecule has 0 aliphatic carbocycles. The van der Waals surface area contributed by atoms with Crippen LogP contribution >= 0.6 is 7.75 Å². The molecule has 0 fully saturated rings. The molecule has 32 valence electrons. The number of rotatable bonds is 0. The molecule has 0 aliphatic rings. The molecule has 0 saturated heterocycles. The zero-order valence-corrected chi connectivity index (χ0v) is 5.14. The minimum Gasteiger partial charge on any atom is -0.799 e. The van der Waals surface area contributed by atoms with Crippen LogP contribution in [0.4, 0.5) is 0 Å². The van der Waals surface area contributed by atoms with Crippen LogP contribution in [-0.2, 0) is 4.57 Å². The molecule has 0 aromatic rings. The zero-order valence-electron chi connectivity index (χ0n) is 4.25. The van der Waals surface area contributed by atoms with E-state index in [1.54, 1.807) is 0 Å². The maximum absolute atomic E-state index is 8.88. The Morgan fingerprint density at radius 1 is 1.29 bits per heavy atom. The van der Waals surface area contributed by atoms with Crippen molar-refractivity contribution >= 4 is 7.75 Å². The normalized spacial score (nSPS) is 8.43. The van der Waals surface area contributed by atoms with Crippen LogP contribution in [0.2, 0.25) is 0 Å². The topological polar surface area (TPSA) is 89.2 Å². The van der Waals surface area contributed by atoms with Gasteiger partial charge < -0.3 is 19.9 Å². The van der Waals surface area contributed by atoms with Crippen LogP contribution in [0.1, 0.15) is 0 Å². The van der Waals surface area contributed by atoms with E-state index < -0.39 is 7.75 Å². The van der Waals surface area contributed by atoms with Crippen molar-refractivity contribution in [2.45, 2.75) is 0 Å². The molecule has 0 bridgehead atoms. The van der Waals surface area contributed by atoms with Crippen LogP contribution < -0.4 is 53.0 Å². The molecule has 0 saturated carbocycles. The minimum absolute atomic E-state index is 0. The Morgan fingerprint density at radius 3 is 1.29 bits per heavy atom. The fourth-order valence-electron chi connectivity index (χ4n) is 0. The van der Waals surface area contributed by atoms with Gasteiger partial charge in [0.25, 0.3) is 0 Å². The monoisotopic (exact) mass is 109 g/mol. The van der Waals surface area contributed by atoms with Crippen LogP contribution in [0.25, 0.3) is 0 Å². The standard InChI is InChI=1S/2Li.H4NO3P/c;;1-5(2,3)4/h;;(H4,1,2,3,4)/q2*+1;/p-2. The molecule has 0 heterocycles. The predicted molar refractivity (Wildman–Crippen MR) is 11.8 cm³/mol. The third-order valence-corrected chi connectivity index (χ3v) is 0. The summed E-state index contributed by atoms with van der Waals surface area (Å²) in [5.41, 5.74) is 3.80. The first kappa shape index (κ1) is 15.7. The van der Waals surface area contributed by atoms with Crippen LogP contribution in [0.5, 0.6) is 0 Å². The summed E-state index contributed by atoms with van der Waals surface area (Å²) >= 11 is 0. The van der Waals surface area contributed by atoms with Gasteiger partial charge in [0.2, 0.25) is 0 Å². The minimum atomic E-state index is -4.64. The van der Waals surface area contributed by atoms with E-state index in [4.69, 9.17) is 14.4 Å². The first-order chi connectivity index (χ1) is 2.00. The smallest absolute Gasteiger partial charge is 0.799 e. The second-order valence-corrected chi connectivity index (χ2v) is 1.62. The molecular formula is H2Li2NO3P. The van der Waals surface area contributed by atoms with Gasteiger partial charge in [-0.25, -0.2) is 0 Å². The Labute approximate surface area is 65.4 Å². The van der Waals surface area contributed by atoms with E-state index in [2.05, 4.69) is 5.50 Å². The van der Waals surface area contributed by atoms with E-state index in [1.165, 1.54) is 0 Å². The average molecular weight is 109 g/mol. The molecule has 4 nitrogen and oxygen atoms in total. The molecule has 2 N–H and O–H groups in total. The fraction of sp³-hybridized carbons (Fsp3) is 0. The first-order valence-corrected chi connectivity index (χ1v) is 2.42. The van der Waals surface area contributed by atoms with Crippen LogP contribution in [0, 0.1) is 0 Å². The quantitative estimate of drug-likeness (QED) is 0.247. The maximum Gasteiger partial charge on any atom is 1.00 e. The van der Waals surface area contributed by atoms with Crippen molar-refractivity contribution < 1.29 is 52.1 Å². The van der Waals surface area contributed by atoms with Crippen molar-refractivity contribution in [2.24, 2.45) is 5.50 Å². The SMILES string of the molecule is NP(=O)([O-])[O-].[Li+].[Li+]. The van der Waals surface area contributed by atoms with Crippen LogP contribution in [-0.4, -0.2) is 0 Å². The van der Waals surface area contributed by atoms with Gasteiger partial charge in [-0.2, -0.15) is 0 Å². The molecule has 0 atom stereocenters. The van der Waals surface area contributed by atoms with Crippen molar-refractivity contribution in [3.8, 4) is 0 Å². The van der Waals surface area contributed by atoms with Crippen molar-refractivity contribution in [1.82, 2.24) is 0 Å². The van der Waals surface area contributed by atoms with Gasteiger partial charge in [-0.05, 0) is 7.75 Å². The van der Waals surface area contributed by atoms with Gasteiger partial charge in [0.05, 0.1) is 0 Å². The van der Waals surface area contributed by atoms with E-state index >= 15 is 0 Å². The second-order valence-electron chi connectivity index (χ2n) is 0.540. The summed E-state index contributed by atoms with van der Waals surface area (Å²) in [6, 6.07) is 0. The Bertz CT molecular complexity index is 59.1. The molecule has 0 amide bonds. The van der Waals surface area contributed by atoms with E-state index in [0.717, 1.165) is 0 Å². The summed E-state index contributed by atoms with van der Waals surface area (Å²) < 4.78 is 8.88. The molecule has 0 aliphatic heterocycles. The largest absolute Gasteiger partial charge is 1.00 e. The van der Waals surface area contributed by atoms with Crippen molar-refractivity contribution in [1.29, 1.82) is 0 Å². The van der Waals surface area contributed by atoms with Crippen molar-refractivity contribution in [3.63, 3.8) is 0 Å². The summed E-state index contributed by atoms with van der Waals surface area (Å²) in [5.74, 6) is 0. The average Bonchev–Trinajstić information content (AvgIpc) is 0.722. The van der Waals surface area contributed by atoms with E-state index in [1.807, 2.05) is 0 Å². The maximum atomic E-state index is 8.88. The molecule has 0 unspecified atom stereocenters. The number of hydrogen-bond donors (Lipinski definition) is 1. The fourth-order valence-corrected chi connectivity index (χ4v) is 0. The van der Waals surface area contributed by atoms with Gasteiger partial charge in [-0.1, -0.05) is 0 Å². The zero-order chi connectivity index (χ0) is 4.50. The van der Waals surface area contributed by atoms with Crippen molar-refractivity contribution in [2.75, 3.05) is 0 Å². The van der Waals surface area contributed by atoms with Gasteiger partial charge >= 0.3 is 37.7 Å². The molecule has 7 heavy (non-hydrogen) atoms. The molecule has 0 rings (SSSR count). The van der Waals surface area contributed by atoms with E-state index in [0.29, 0.717) is 0 Å². The molecule has 0 aromatic carbocycles. The van der Waals surface area contributed by atoms with Gasteiger partial charge in [-0.3, -0.25) is 0 Å².